The minimum absolute atomic E-state index is 0.0776. The molecule has 0 saturated heterocycles. The van der Waals surface area contributed by atoms with Gasteiger partial charge in [-0.1, -0.05) is 48.0 Å². The summed E-state index contributed by atoms with van der Waals surface area (Å²) in [6, 6.07) is 16.9. The second kappa shape index (κ2) is 5.21. The standard InChI is InChI=1S/C15H13NO/c1-12-7-9-14(10-8-12)16-11-15(17)13-5-3-2-4-6-13/h2-11H,1H3. The van der Waals surface area contributed by atoms with Crippen LogP contribution >= 0.6 is 0 Å². The molecule has 0 N–H and O–H groups in total. The molecule has 2 aromatic rings. The number of carbonyl (C=O) groups excluding carboxylic acids is 1. The fraction of sp³-hybridized carbons (Fsp3) is 0.0667. The number of Topliss-reactive ketones (excluding diaryl/α,β-unsaturated/α-hetero) is 1. The van der Waals surface area contributed by atoms with Crippen LogP contribution in [0.25, 0.3) is 0 Å². The first-order valence-electron chi connectivity index (χ1n) is 5.46. The fourth-order valence-corrected chi connectivity index (χ4v) is 1.44. The molecule has 0 unspecified atom stereocenters. The van der Waals surface area contributed by atoms with E-state index >= 15 is 0 Å². The molecular weight excluding hydrogens is 210 g/mol. The first kappa shape index (κ1) is 11.3. The van der Waals surface area contributed by atoms with Gasteiger partial charge in [-0.05, 0) is 19.1 Å². The molecule has 0 aliphatic carbocycles. The number of benzene rings is 2. The monoisotopic (exact) mass is 223 g/mol. The van der Waals surface area contributed by atoms with Crippen LogP contribution in [0.1, 0.15) is 15.9 Å². The molecule has 2 rings (SSSR count). The van der Waals surface area contributed by atoms with Crippen LogP contribution in [-0.4, -0.2) is 12.0 Å². The molecule has 17 heavy (non-hydrogen) atoms. The Balaban J connectivity index is 2.11. The van der Waals surface area contributed by atoms with E-state index in [2.05, 4.69) is 4.99 Å². The molecule has 0 spiro atoms. The second-order valence-electron chi connectivity index (χ2n) is 3.82. The predicted molar refractivity (Wildman–Crippen MR) is 70.1 cm³/mol. The van der Waals surface area contributed by atoms with E-state index in [1.54, 1.807) is 12.1 Å². The molecule has 84 valence electrons. The molecule has 0 aromatic heterocycles. The average Bonchev–Trinajstić information content (AvgIpc) is 2.39. The van der Waals surface area contributed by atoms with Crippen molar-refractivity contribution in [2.45, 2.75) is 6.92 Å². The minimum atomic E-state index is -0.0776. The van der Waals surface area contributed by atoms with Crippen molar-refractivity contribution < 1.29 is 4.79 Å². The Morgan fingerprint density at radius 1 is 1.00 bits per heavy atom. The summed E-state index contributed by atoms with van der Waals surface area (Å²) in [5, 5.41) is 0. The van der Waals surface area contributed by atoms with Crippen LogP contribution in [0.5, 0.6) is 0 Å². The third kappa shape index (κ3) is 3.11. The van der Waals surface area contributed by atoms with Gasteiger partial charge in [0, 0.05) is 5.56 Å². The van der Waals surface area contributed by atoms with Crippen LogP contribution in [0.4, 0.5) is 5.69 Å². The average molecular weight is 223 g/mol. The number of carbonyl (C=O) groups is 1. The highest BCUT2D eigenvalue weighted by Gasteiger charge is 2.00. The first-order chi connectivity index (χ1) is 8.25. The zero-order valence-electron chi connectivity index (χ0n) is 9.63. The molecule has 0 aliphatic heterocycles. The highest BCUT2D eigenvalue weighted by Crippen LogP contribution is 2.11. The summed E-state index contributed by atoms with van der Waals surface area (Å²) in [6.45, 7) is 2.02. The summed E-state index contributed by atoms with van der Waals surface area (Å²) < 4.78 is 0. The van der Waals surface area contributed by atoms with E-state index in [0.717, 1.165) is 5.69 Å². The lowest BCUT2D eigenvalue weighted by molar-refractivity contribution is 0.107. The van der Waals surface area contributed by atoms with Crippen molar-refractivity contribution in [2.75, 3.05) is 0 Å². The summed E-state index contributed by atoms with van der Waals surface area (Å²) in [5.74, 6) is -0.0776. The largest absolute Gasteiger partial charge is 0.288 e. The Hall–Kier alpha value is -2.22. The van der Waals surface area contributed by atoms with E-state index in [4.69, 9.17) is 0 Å². The van der Waals surface area contributed by atoms with Gasteiger partial charge in [0.2, 0.25) is 5.78 Å². The second-order valence-corrected chi connectivity index (χ2v) is 3.82. The lowest BCUT2D eigenvalue weighted by Crippen LogP contribution is -1.98. The quantitative estimate of drug-likeness (QED) is 0.577. The lowest BCUT2D eigenvalue weighted by atomic mass is 10.1. The van der Waals surface area contributed by atoms with Gasteiger partial charge in [-0.25, -0.2) is 0 Å². The summed E-state index contributed by atoms with van der Waals surface area (Å²) in [6.07, 6.45) is 1.36. The van der Waals surface area contributed by atoms with Crippen LogP contribution in [0.3, 0.4) is 0 Å². The maximum absolute atomic E-state index is 11.7. The molecule has 0 heterocycles. The van der Waals surface area contributed by atoms with E-state index < -0.39 is 0 Å². The van der Waals surface area contributed by atoms with E-state index in [-0.39, 0.29) is 5.78 Å². The van der Waals surface area contributed by atoms with Crippen molar-refractivity contribution in [2.24, 2.45) is 4.99 Å². The molecule has 2 aromatic carbocycles. The van der Waals surface area contributed by atoms with Gasteiger partial charge in [0.25, 0.3) is 0 Å². The summed E-state index contributed by atoms with van der Waals surface area (Å²) in [5.41, 5.74) is 2.63. The maximum Gasteiger partial charge on any atom is 0.204 e. The molecule has 0 bridgehead atoms. The van der Waals surface area contributed by atoms with Gasteiger partial charge >= 0.3 is 0 Å². The Kier molecular flexibility index (Phi) is 3.46. The lowest BCUT2D eigenvalue weighted by Gasteiger charge is -1.95. The van der Waals surface area contributed by atoms with Gasteiger partial charge in [0.15, 0.2) is 0 Å². The van der Waals surface area contributed by atoms with Crippen molar-refractivity contribution >= 4 is 17.7 Å². The van der Waals surface area contributed by atoms with Crippen molar-refractivity contribution in [1.29, 1.82) is 0 Å². The number of hydrogen-bond acceptors (Lipinski definition) is 2. The molecule has 0 aliphatic rings. The fourth-order valence-electron chi connectivity index (χ4n) is 1.44. The van der Waals surface area contributed by atoms with Crippen LogP contribution < -0.4 is 0 Å². The highest BCUT2D eigenvalue weighted by molar-refractivity contribution is 6.35. The molecule has 2 heteroatoms. The predicted octanol–water partition coefficient (Wildman–Crippen LogP) is 3.58. The van der Waals surface area contributed by atoms with Crippen LogP contribution in [0, 0.1) is 6.92 Å². The number of hydrogen-bond donors (Lipinski definition) is 0. The van der Waals surface area contributed by atoms with E-state index in [1.165, 1.54) is 11.8 Å². The van der Waals surface area contributed by atoms with Crippen molar-refractivity contribution in [3.8, 4) is 0 Å². The normalized spacial score (nSPS) is 10.6. The molecule has 0 amide bonds. The third-order valence-electron chi connectivity index (χ3n) is 2.42. The van der Waals surface area contributed by atoms with E-state index in [1.807, 2.05) is 49.4 Å². The SMILES string of the molecule is Cc1ccc(N=CC(=O)c2ccccc2)cc1. The summed E-state index contributed by atoms with van der Waals surface area (Å²) in [4.78, 5) is 15.9. The minimum Gasteiger partial charge on any atom is -0.288 e. The summed E-state index contributed by atoms with van der Waals surface area (Å²) >= 11 is 0. The van der Waals surface area contributed by atoms with Crippen molar-refractivity contribution in [3.63, 3.8) is 0 Å². The van der Waals surface area contributed by atoms with Gasteiger partial charge in [-0.3, -0.25) is 9.79 Å². The molecular formula is C15H13NO. The Morgan fingerprint density at radius 3 is 2.29 bits per heavy atom. The van der Waals surface area contributed by atoms with Gasteiger partial charge < -0.3 is 0 Å². The molecule has 2 nitrogen and oxygen atoms in total. The van der Waals surface area contributed by atoms with Crippen LogP contribution in [0.15, 0.2) is 59.6 Å². The number of rotatable bonds is 3. The topological polar surface area (TPSA) is 29.4 Å². The first-order valence-corrected chi connectivity index (χ1v) is 5.46. The molecule has 0 atom stereocenters. The zero-order valence-corrected chi connectivity index (χ0v) is 9.63. The molecule has 0 saturated carbocycles. The van der Waals surface area contributed by atoms with E-state index in [9.17, 15) is 4.79 Å². The Bertz CT molecular complexity index is 527. The third-order valence-corrected chi connectivity index (χ3v) is 2.42. The Labute approximate surface area is 101 Å². The smallest absolute Gasteiger partial charge is 0.204 e. The number of nitrogens with zero attached hydrogens (tertiary/aromatic N) is 1. The molecule has 0 fully saturated rings. The number of aliphatic imine (C=N–C) groups is 1. The Morgan fingerprint density at radius 2 is 1.65 bits per heavy atom. The maximum atomic E-state index is 11.7. The zero-order chi connectivity index (χ0) is 12.1. The van der Waals surface area contributed by atoms with Crippen molar-refractivity contribution in [1.82, 2.24) is 0 Å². The van der Waals surface area contributed by atoms with E-state index in [0.29, 0.717) is 5.56 Å². The van der Waals surface area contributed by atoms with Gasteiger partial charge in [0.1, 0.15) is 0 Å². The van der Waals surface area contributed by atoms with Gasteiger partial charge in [-0.15, -0.1) is 0 Å². The highest BCUT2D eigenvalue weighted by atomic mass is 16.1. The van der Waals surface area contributed by atoms with Crippen LogP contribution in [-0.2, 0) is 0 Å². The summed E-state index contributed by atoms with van der Waals surface area (Å²) in [7, 11) is 0. The van der Waals surface area contributed by atoms with Crippen LogP contribution in [0.2, 0.25) is 0 Å². The molecule has 0 radical (unpaired) electrons. The van der Waals surface area contributed by atoms with Crippen molar-refractivity contribution in [3.05, 3.63) is 65.7 Å². The van der Waals surface area contributed by atoms with Gasteiger partial charge in [0.05, 0.1) is 11.9 Å². The number of ketones is 1. The number of aryl methyl sites for hydroxylation is 1. The van der Waals surface area contributed by atoms with Gasteiger partial charge in [-0.2, -0.15) is 0 Å².